The molecular weight excluding hydrogens is 575 g/mol. The van der Waals surface area contributed by atoms with Crippen molar-refractivity contribution in [1.29, 1.82) is 0 Å². The van der Waals surface area contributed by atoms with Gasteiger partial charge in [-0.15, -0.1) is 0 Å². The Morgan fingerprint density at radius 1 is 1.26 bits per heavy atom. The molecule has 42 heavy (non-hydrogen) atoms. The second-order valence-corrected chi connectivity index (χ2v) is 10.9. The van der Waals surface area contributed by atoms with Crippen molar-refractivity contribution < 1.29 is 32.5 Å². The number of aromatic nitrogens is 4. The smallest absolute Gasteiger partial charge is 0.446 e. The van der Waals surface area contributed by atoms with Gasteiger partial charge in [0.1, 0.15) is 11.5 Å². The Morgan fingerprint density at radius 2 is 2.05 bits per heavy atom. The van der Waals surface area contributed by atoms with E-state index in [1.165, 1.54) is 21.6 Å². The van der Waals surface area contributed by atoms with Crippen molar-refractivity contribution in [3.05, 3.63) is 41.9 Å². The number of hydrogen-bond donors (Lipinski definition) is 3. The van der Waals surface area contributed by atoms with Crippen LogP contribution >= 0.6 is 11.8 Å². The third kappa shape index (κ3) is 8.85. The van der Waals surface area contributed by atoms with Crippen LogP contribution in [0.25, 0.3) is 5.52 Å². The number of alkyl halides is 3. The zero-order chi connectivity index (χ0) is 30.1. The molecule has 3 aromatic rings. The van der Waals surface area contributed by atoms with Gasteiger partial charge in [-0.3, -0.25) is 4.68 Å². The van der Waals surface area contributed by atoms with E-state index in [1.807, 2.05) is 0 Å². The summed E-state index contributed by atoms with van der Waals surface area (Å²) >= 11 is -0.223. The molecule has 0 aromatic carbocycles. The number of carbonyl (C=O) groups is 1. The van der Waals surface area contributed by atoms with E-state index in [9.17, 15) is 18.0 Å². The van der Waals surface area contributed by atoms with Gasteiger partial charge in [-0.25, -0.2) is 9.31 Å². The number of nitrogens with zero attached hydrogens (tertiary/aromatic N) is 5. The molecule has 11 nitrogen and oxygen atoms in total. The van der Waals surface area contributed by atoms with Gasteiger partial charge in [0, 0.05) is 25.4 Å². The molecular formula is C27H34F3N7O4S. The summed E-state index contributed by atoms with van der Waals surface area (Å²) in [6, 6.07) is 5.18. The van der Waals surface area contributed by atoms with Gasteiger partial charge in [0.05, 0.1) is 55.1 Å². The molecule has 0 bridgehead atoms. The molecule has 1 saturated heterocycles. The van der Waals surface area contributed by atoms with Gasteiger partial charge in [-0.05, 0) is 62.2 Å². The Bertz CT molecular complexity index is 1400. The molecule has 0 spiro atoms. The van der Waals surface area contributed by atoms with E-state index in [-0.39, 0.29) is 46.4 Å². The molecule has 15 heteroatoms. The fourth-order valence-electron chi connectivity index (χ4n) is 4.79. The Balaban J connectivity index is 1.31. The standard InChI is InChI=1S/C27H34F3N7O4S/c1-35-10-7-21(19(17-35)8-12-40-14-15-41-13-11-36-18-20(16-32-36)26(38)39)33-24-6-2-5-23-25(42-27(28,29)30)22(4-3-9-31)34-37(23)24/h2,5-6,16,18-19,21,33H,7-15,17,31H2,1H3,(H,38,39). The van der Waals surface area contributed by atoms with E-state index >= 15 is 0 Å². The van der Waals surface area contributed by atoms with Gasteiger partial charge in [0.15, 0.2) is 0 Å². The lowest BCUT2D eigenvalue weighted by atomic mass is 9.89. The summed E-state index contributed by atoms with van der Waals surface area (Å²) in [5, 5.41) is 20.9. The average molecular weight is 610 g/mol. The highest BCUT2D eigenvalue weighted by Crippen LogP contribution is 2.41. The predicted molar refractivity (Wildman–Crippen MR) is 151 cm³/mol. The summed E-state index contributed by atoms with van der Waals surface area (Å²) in [5.41, 5.74) is 1.47. The van der Waals surface area contributed by atoms with Crippen LogP contribution in [0.3, 0.4) is 0 Å². The summed E-state index contributed by atoms with van der Waals surface area (Å²) in [4.78, 5) is 13.1. The van der Waals surface area contributed by atoms with Crippen LogP contribution in [-0.4, -0.2) is 100 Å². The predicted octanol–water partition coefficient (Wildman–Crippen LogP) is 3.01. The summed E-state index contributed by atoms with van der Waals surface area (Å²) in [7, 11) is 2.06. The molecule has 0 saturated carbocycles. The number of carboxylic acid groups (broad SMARTS) is 1. The molecule has 4 heterocycles. The lowest BCUT2D eigenvalue weighted by molar-refractivity contribution is -0.0327. The minimum atomic E-state index is -4.48. The number of fused-ring (bicyclic) bond motifs is 1. The highest BCUT2D eigenvalue weighted by molar-refractivity contribution is 8.00. The summed E-state index contributed by atoms with van der Waals surface area (Å²) in [6.07, 6.45) is 4.38. The van der Waals surface area contributed by atoms with Crippen molar-refractivity contribution in [1.82, 2.24) is 24.3 Å². The monoisotopic (exact) mass is 609 g/mol. The van der Waals surface area contributed by atoms with Gasteiger partial charge >= 0.3 is 11.5 Å². The van der Waals surface area contributed by atoms with Gasteiger partial charge < -0.3 is 30.5 Å². The maximum Gasteiger partial charge on any atom is 0.446 e. The lowest BCUT2D eigenvalue weighted by Crippen LogP contribution is -2.45. The molecule has 0 radical (unpaired) electrons. The first-order chi connectivity index (χ1) is 20.1. The second kappa shape index (κ2) is 14.7. The van der Waals surface area contributed by atoms with Gasteiger partial charge in [-0.2, -0.15) is 23.4 Å². The fourth-order valence-corrected chi connectivity index (χ4v) is 5.47. The van der Waals surface area contributed by atoms with Crippen molar-refractivity contribution in [2.75, 3.05) is 58.4 Å². The first-order valence-corrected chi connectivity index (χ1v) is 14.3. The quantitative estimate of drug-likeness (QED) is 0.151. The van der Waals surface area contributed by atoms with E-state index in [0.717, 1.165) is 25.9 Å². The van der Waals surface area contributed by atoms with Crippen LogP contribution in [-0.2, 0) is 16.0 Å². The molecule has 1 fully saturated rings. The number of halogens is 3. The number of piperidine rings is 1. The molecule has 2 unspecified atom stereocenters. The molecule has 0 aliphatic carbocycles. The van der Waals surface area contributed by atoms with E-state index in [0.29, 0.717) is 44.3 Å². The Hall–Kier alpha value is -3.29. The first kappa shape index (κ1) is 31.6. The molecule has 1 aliphatic rings. The average Bonchev–Trinajstić information content (AvgIpc) is 3.55. The largest absolute Gasteiger partial charge is 0.478 e. The summed E-state index contributed by atoms with van der Waals surface area (Å²) < 4.78 is 54.4. The fraction of sp³-hybridized carbons (Fsp3) is 0.519. The van der Waals surface area contributed by atoms with Gasteiger partial charge in [0.25, 0.3) is 0 Å². The van der Waals surface area contributed by atoms with Crippen molar-refractivity contribution >= 4 is 29.1 Å². The number of likely N-dealkylation sites (tertiary alicyclic amines) is 1. The first-order valence-electron chi connectivity index (χ1n) is 13.5. The number of nitrogens with two attached hydrogens (primary N) is 1. The van der Waals surface area contributed by atoms with E-state index < -0.39 is 11.5 Å². The number of thioether (sulfide) groups is 1. The number of anilines is 1. The van der Waals surface area contributed by atoms with E-state index in [4.69, 9.17) is 20.3 Å². The van der Waals surface area contributed by atoms with Crippen molar-refractivity contribution in [2.24, 2.45) is 11.7 Å². The zero-order valence-corrected chi connectivity index (χ0v) is 24.0. The normalized spacial score (nSPS) is 17.7. The number of hydrogen-bond acceptors (Lipinski definition) is 9. The highest BCUT2D eigenvalue weighted by atomic mass is 32.2. The number of carboxylic acids is 1. The van der Waals surface area contributed by atoms with Gasteiger partial charge in [-0.1, -0.05) is 12.0 Å². The molecule has 1 aliphatic heterocycles. The van der Waals surface area contributed by atoms with Crippen LogP contribution in [0.1, 0.15) is 28.9 Å². The number of aromatic carboxylic acids is 1. The molecule has 3 aromatic heterocycles. The number of nitrogens with one attached hydrogen (secondary N) is 1. The minimum Gasteiger partial charge on any atom is -0.478 e. The van der Waals surface area contributed by atoms with E-state index in [2.05, 4.69) is 39.3 Å². The number of ether oxygens (including phenoxy) is 2. The van der Waals surface area contributed by atoms with Crippen LogP contribution in [0.2, 0.25) is 0 Å². The maximum absolute atomic E-state index is 13.3. The SMILES string of the molecule is CN1CCC(Nc2cccc3c(SC(F)(F)F)c(C#CCN)nn23)C(CCOCCOCCn2cc(C(=O)O)cn2)C1. The third-order valence-corrected chi connectivity index (χ3v) is 7.60. The topological polar surface area (TPSA) is 132 Å². The van der Waals surface area contributed by atoms with Crippen LogP contribution < -0.4 is 11.1 Å². The van der Waals surface area contributed by atoms with Crippen molar-refractivity contribution in [2.45, 2.75) is 35.8 Å². The van der Waals surface area contributed by atoms with Gasteiger partial charge in [0.2, 0.25) is 0 Å². The van der Waals surface area contributed by atoms with E-state index in [1.54, 1.807) is 18.2 Å². The van der Waals surface area contributed by atoms with Crippen LogP contribution in [0.15, 0.2) is 35.5 Å². The van der Waals surface area contributed by atoms with Crippen LogP contribution in [0, 0.1) is 17.8 Å². The molecule has 4 rings (SSSR count). The zero-order valence-electron chi connectivity index (χ0n) is 23.1. The lowest BCUT2D eigenvalue weighted by Gasteiger charge is -2.37. The second-order valence-electron chi connectivity index (χ2n) is 9.81. The van der Waals surface area contributed by atoms with Crippen LogP contribution in [0.5, 0.6) is 0 Å². The molecule has 4 N–H and O–H groups in total. The Labute approximate surface area is 245 Å². The summed E-state index contributed by atoms with van der Waals surface area (Å²) in [5.74, 6) is 5.10. The van der Waals surface area contributed by atoms with Crippen LogP contribution in [0.4, 0.5) is 19.0 Å². The number of rotatable bonds is 13. The number of pyridine rings is 1. The Kier molecular flexibility index (Phi) is 11.1. The Morgan fingerprint density at radius 3 is 2.76 bits per heavy atom. The minimum absolute atomic E-state index is 0.0151. The molecule has 228 valence electrons. The molecule has 2 atom stereocenters. The van der Waals surface area contributed by atoms with Crippen molar-refractivity contribution in [3.63, 3.8) is 0 Å². The highest BCUT2D eigenvalue weighted by Gasteiger charge is 2.33. The summed E-state index contributed by atoms with van der Waals surface area (Å²) in [6.45, 7) is 3.90. The molecule has 0 amide bonds. The van der Waals surface area contributed by atoms with Crippen molar-refractivity contribution in [3.8, 4) is 11.8 Å². The third-order valence-electron chi connectivity index (χ3n) is 6.76. The maximum atomic E-state index is 13.3.